The van der Waals surface area contributed by atoms with Gasteiger partial charge in [-0.25, -0.2) is 4.98 Å². The van der Waals surface area contributed by atoms with Gasteiger partial charge in [-0.2, -0.15) is 13.8 Å². The zero-order valence-electron chi connectivity index (χ0n) is 15.9. The molecule has 4 rings (SSSR count). The van der Waals surface area contributed by atoms with Gasteiger partial charge in [-0.15, -0.1) is 0 Å². The Kier molecular flexibility index (Phi) is 5.85. The van der Waals surface area contributed by atoms with E-state index in [0.29, 0.717) is 21.8 Å². The monoisotopic (exact) mass is 436 g/mol. The lowest BCUT2D eigenvalue weighted by Gasteiger charge is -2.26. The van der Waals surface area contributed by atoms with Crippen LogP contribution in [-0.4, -0.2) is 21.0 Å². The molecule has 0 spiro atoms. The number of rotatable bonds is 6. The number of hydrogen-bond acceptors (Lipinski definition) is 5. The Hall–Kier alpha value is -2.74. The molecule has 0 radical (unpaired) electrons. The number of nitrogens with zero attached hydrogens (tertiary/aromatic N) is 2. The van der Waals surface area contributed by atoms with Crippen LogP contribution in [0.5, 0.6) is 5.88 Å². The number of carboxylic acid groups (broad SMARTS) is 1. The van der Waals surface area contributed by atoms with E-state index in [9.17, 15) is 13.6 Å². The summed E-state index contributed by atoms with van der Waals surface area (Å²) in [4.78, 5) is 19.2. The van der Waals surface area contributed by atoms with Crippen molar-refractivity contribution in [2.45, 2.75) is 44.6 Å². The van der Waals surface area contributed by atoms with Crippen LogP contribution in [0, 0.1) is 17.7 Å². The second kappa shape index (κ2) is 8.55. The van der Waals surface area contributed by atoms with E-state index in [2.05, 4.69) is 9.97 Å². The van der Waals surface area contributed by atoms with E-state index >= 15 is 0 Å². The van der Waals surface area contributed by atoms with Gasteiger partial charge in [0, 0.05) is 29.4 Å². The normalized spacial score (nSPS) is 19.2. The average Bonchev–Trinajstić information content (AvgIpc) is 3.11. The predicted molar refractivity (Wildman–Crippen MR) is 104 cm³/mol. The van der Waals surface area contributed by atoms with Crippen molar-refractivity contribution >= 4 is 28.5 Å². The Balaban J connectivity index is 1.47. The fraction of sp³-hybridized carbons (Fsp3) is 0.381. The smallest absolute Gasteiger partial charge is 0.303 e. The Bertz CT molecular complexity index is 1080. The average molecular weight is 437 g/mol. The van der Waals surface area contributed by atoms with Crippen LogP contribution in [0.4, 0.5) is 8.78 Å². The van der Waals surface area contributed by atoms with E-state index < -0.39 is 17.8 Å². The molecule has 30 heavy (non-hydrogen) atoms. The van der Waals surface area contributed by atoms with Crippen LogP contribution in [0.15, 0.2) is 28.8 Å². The minimum atomic E-state index is -0.792. The number of halogens is 3. The molecule has 1 aliphatic carbocycles. The molecule has 1 N–H and O–H groups in total. The van der Waals surface area contributed by atoms with Crippen molar-refractivity contribution in [2.75, 3.05) is 0 Å². The van der Waals surface area contributed by atoms with Crippen LogP contribution < -0.4 is 4.74 Å². The van der Waals surface area contributed by atoms with E-state index in [1.807, 2.05) is 0 Å². The molecule has 6 nitrogen and oxygen atoms in total. The minimum Gasteiger partial charge on any atom is -0.481 e. The van der Waals surface area contributed by atoms with Crippen molar-refractivity contribution in [3.8, 4) is 5.88 Å². The highest BCUT2D eigenvalue weighted by Gasteiger charge is 2.26. The number of aliphatic carboxylic acids is 1. The summed E-state index contributed by atoms with van der Waals surface area (Å²) in [5.41, 5.74) is 0.749. The van der Waals surface area contributed by atoms with Crippen LogP contribution in [0.3, 0.4) is 0 Å². The van der Waals surface area contributed by atoms with Gasteiger partial charge in [0.15, 0.2) is 0 Å². The lowest BCUT2D eigenvalue weighted by atomic mass is 9.80. The third-order valence-electron chi connectivity index (χ3n) is 5.45. The van der Waals surface area contributed by atoms with Crippen LogP contribution >= 0.6 is 11.6 Å². The Morgan fingerprint density at radius 2 is 2.03 bits per heavy atom. The molecule has 2 aromatic heterocycles. The first-order valence-corrected chi connectivity index (χ1v) is 10.0. The number of benzene rings is 1. The maximum Gasteiger partial charge on any atom is 0.303 e. The number of aromatic nitrogens is 2. The highest BCUT2D eigenvalue weighted by Crippen LogP contribution is 2.36. The van der Waals surface area contributed by atoms with Gasteiger partial charge in [0.2, 0.25) is 5.82 Å². The Morgan fingerprint density at radius 3 is 2.77 bits per heavy atom. The number of carbonyl (C=O) groups is 1. The van der Waals surface area contributed by atoms with Crippen molar-refractivity contribution in [1.29, 1.82) is 0 Å². The summed E-state index contributed by atoms with van der Waals surface area (Å²) in [7, 11) is 0. The van der Waals surface area contributed by atoms with Crippen molar-refractivity contribution in [2.24, 2.45) is 5.92 Å². The number of hydrogen-bond donors (Lipinski definition) is 1. The SMILES string of the molecule is O=C(O)CC1CCC(c2ncc(F)c(OCc3ccc(Cl)c4cc(F)oc34)n2)CC1. The summed E-state index contributed by atoms with van der Waals surface area (Å²) in [6.45, 7) is -0.0840. The van der Waals surface area contributed by atoms with Crippen molar-refractivity contribution in [3.63, 3.8) is 0 Å². The van der Waals surface area contributed by atoms with Crippen LogP contribution in [0.1, 0.15) is 49.4 Å². The van der Waals surface area contributed by atoms with E-state index in [1.165, 1.54) is 6.07 Å². The number of ether oxygens (including phenoxy) is 1. The zero-order chi connectivity index (χ0) is 21.3. The quantitative estimate of drug-likeness (QED) is 0.550. The predicted octanol–water partition coefficient (Wildman–Crippen LogP) is 5.48. The maximum absolute atomic E-state index is 14.2. The summed E-state index contributed by atoms with van der Waals surface area (Å²) >= 11 is 6.05. The molecule has 0 unspecified atom stereocenters. The topological polar surface area (TPSA) is 85.5 Å². The molecule has 0 bridgehead atoms. The second-order valence-electron chi connectivity index (χ2n) is 7.49. The second-order valence-corrected chi connectivity index (χ2v) is 7.89. The standard InChI is InChI=1S/C21H19ClF2N2O4/c22-15-6-5-13(19-14(15)8-17(24)30-19)10-29-21-16(23)9-25-20(26-21)12-3-1-11(2-4-12)7-18(27)28/h5-6,8-9,11-12H,1-4,7,10H2,(H,27,28). The first kappa shape index (κ1) is 20.5. The number of fused-ring (bicyclic) bond motifs is 1. The summed E-state index contributed by atoms with van der Waals surface area (Å²) in [6, 6.07) is 3.63. The minimum absolute atomic E-state index is 0.0272. The molecule has 158 valence electrons. The zero-order valence-corrected chi connectivity index (χ0v) is 16.7. The highest BCUT2D eigenvalue weighted by atomic mass is 35.5. The third kappa shape index (κ3) is 4.38. The molecule has 0 amide bonds. The Morgan fingerprint density at radius 1 is 1.27 bits per heavy atom. The first-order chi connectivity index (χ1) is 14.4. The molecular formula is C21H19ClF2N2O4. The molecule has 1 aliphatic rings. The van der Waals surface area contributed by atoms with E-state index in [-0.39, 0.29) is 36.3 Å². The van der Waals surface area contributed by atoms with Gasteiger partial charge in [0.05, 0.1) is 11.2 Å². The highest BCUT2D eigenvalue weighted by molar-refractivity contribution is 6.35. The van der Waals surface area contributed by atoms with Gasteiger partial charge < -0.3 is 14.3 Å². The molecule has 2 heterocycles. The maximum atomic E-state index is 14.2. The molecule has 1 fully saturated rings. The summed E-state index contributed by atoms with van der Waals surface area (Å²) in [6.07, 6.45) is 4.25. The van der Waals surface area contributed by atoms with Gasteiger partial charge in [-0.05, 0) is 37.7 Å². The summed E-state index contributed by atoms with van der Waals surface area (Å²) in [5, 5.41) is 9.69. The molecule has 9 heteroatoms. The van der Waals surface area contributed by atoms with Gasteiger partial charge in [-0.3, -0.25) is 4.79 Å². The molecule has 1 saturated carbocycles. The Labute approximate surface area is 175 Å². The van der Waals surface area contributed by atoms with Crippen LogP contribution in [0.25, 0.3) is 11.0 Å². The molecular weight excluding hydrogens is 418 g/mol. The third-order valence-corrected chi connectivity index (χ3v) is 5.78. The first-order valence-electron chi connectivity index (χ1n) is 9.64. The van der Waals surface area contributed by atoms with Gasteiger partial charge in [-0.1, -0.05) is 17.7 Å². The molecule has 1 aromatic carbocycles. The largest absolute Gasteiger partial charge is 0.481 e. The lowest BCUT2D eigenvalue weighted by molar-refractivity contribution is -0.138. The number of carboxylic acids is 1. The van der Waals surface area contributed by atoms with Gasteiger partial charge >= 0.3 is 5.97 Å². The number of furan rings is 1. The fourth-order valence-electron chi connectivity index (χ4n) is 3.91. The molecule has 0 atom stereocenters. The lowest BCUT2D eigenvalue weighted by Crippen LogP contribution is -2.18. The van der Waals surface area contributed by atoms with E-state index in [4.69, 9.17) is 25.9 Å². The van der Waals surface area contributed by atoms with Gasteiger partial charge in [0.1, 0.15) is 18.0 Å². The van der Waals surface area contributed by atoms with Crippen molar-refractivity contribution < 1.29 is 27.8 Å². The summed E-state index contributed by atoms with van der Waals surface area (Å²) in [5.74, 6) is -1.03. The van der Waals surface area contributed by atoms with Crippen molar-refractivity contribution in [3.05, 3.63) is 52.6 Å². The summed E-state index contributed by atoms with van der Waals surface area (Å²) < 4.78 is 38.3. The molecule has 0 saturated heterocycles. The molecule has 3 aromatic rings. The van der Waals surface area contributed by atoms with E-state index in [1.54, 1.807) is 12.1 Å². The fourth-order valence-corrected chi connectivity index (χ4v) is 4.11. The van der Waals surface area contributed by atoms with Crippen LogP contribution in [-0.2, 0) is 11.4 Å². The van der Waals surface area contributed by atoms with Gasteiger partial charge in [0.25, 0.3) is 11.9 Å². The molecule has 0 aliphatic heterocycles. The van der Waals surface area contributed by atoms with Crippen molar-refractivity contribution in [1.82, 2.24) is 9.97 Å². The van der Waals surface area contributed by atoms with Crippen LogP contribution in [0.2, 0.25) is 5.02 Å². The van der Waals surface area contributed by atoms with E-state index in [0.717, 1.165) is 31.9 Å².